The normalized spacial score (nSPS) is 15.7. The van der Waals surface area contributed by atoms with E-state index in [1.54, 1.807) is 19.0 Å². The first-order chi connectivity index (χ1) is 12.8. The first kappa shape index (κ1) is 27.4. The van der Waals surface area contributed by atoms with E-state index in [4.69, 9.17) is 4.74 Å². The number of carbonyl (C=O) groups is 1. The number of carbonyl (C=O) groups excluding carboxylic acids is 1. The van der Waals surface area contributed by atoms with E-state index in [0.29, 0.717) is 18.0 Å². The molecular weight excluding hydrogens is 471 g/mol. The van der Waals surface area contributed by atoms with Gasteiger partial charge in [0, 0.05) is 65.4 Å². The molecule has 1 aliphatic rings. The summed E-state index contributed by atoms with van der Waals surface area (Å²) in [7, 11) is 3.50. The van der Waals surface area contributed by atoms with Crippen LogP contribution in [0.2, 0.25) is 0 Å². The van der Waals surface area contributed by atoms with Crippen molar-refractivity contribution in [2.24, 2.45) is 4.99 Å². The molecule has 166 valence electrons. The van der Waals surface area contributed by atoms with Crippen molar-refractivity contribution >= 4 is 35.8 Å². The lowest BCUT2D eigenvalue weighted by atomic mass is 10.2. The summed E-state index contributed by atoms with van der Waals surface area (Å²) in [6.07, 6.45) is 0. The Labute approximate surface area is 188 Å². The number of hydrogen-bond acceptors (Lipinski definition) is 5. The molecule has 8 nitrogen and oxygen atoms in total. The van der Waals surface area contributed by atoms with Crippen LogP contribution in [-0.2, 0) is 9.53 Å². The van der Waals surface area contributed by atoms with Gasteiger partial charge in [-0.1, -0.05) is 0 Å². The van der Waals surface area contributed by atoms with Gasteiger partial charge in [-0.15, -0.1) is 24.0 Å². The third-order valence-electron chi connectivity index (χ3n) is 4.68. The average molecular weight is 512 g/mol. The highest BCUT2D eigenvalue weighted by molar-refractivity contribution is 14.0. The number of ether oxygens (including phenoxy) is 1. The van der Waals surface area contributed by atoms with Gasteiger partial charge in [-0.2, -0.15) is 0 Å². The van der Waals surface area contributed by atoms with Gasteiger partial charge in [0.1, 0.15) is 6.54 Å². The van der Waals surface area contributed by atoms with Crippen LogP contribution in [0.15, 0.2) is 4.99 Å². The van der Waals surface area contributed by atoms with Gasteiger partial charge in [0.25, 0.3) is 0 Å². The molecule has 0 aromatic carbocycles. The summed E-state index contributed by atoms with van der Waals surface area (Å²) in [4.78, 5) is 22.7. The van der Waals surface area contributed by atoms with Gasteiger partial charge in [-0.25, -0.2) is 4.99 Å². The number of guanidine groups is 1. The van der Waals surface area contributed by atoms with Crippen molar-refractivity contribution in [1.29, 1.82) is 0 Å². The zero-order valence-corrected chi connectivity index (χ0v) is 20.9. The van der Waals surface area contributed by atoms with Crippen molar-refractivity contribution < 1.29 is 9.53 Å². The Morgan fingerprint density at radius 3 is 2.18 bits per heavy atom. The van der Waals surface area contributed by atoms with Crippen LogP contribution in [0.1, 0.15) is 27.7 Å². The van der Waals surface area contributed by atoms with E-state index in [0.717, 1.165) is 52.5 Å². The molecule has 2 N–H and O–H groups in total. The quantitative estimate of drug-likeness (QED) is 0.255. The number of rotatable bonds is 10. The van der Waals surface area contributed by atoms with Crippen molar-refractivity contribution in [2.75, 3.05) is 73.1 Å². The number of morpholine rings is 1. The van der Waals surface area contributed by atoms with Crippen LogP contribution in [0.25, 0.3) is 0 Å². The summed E-state index contributed by atoms with van der Waals surface area (Å²) in [6, 6.07) is 0.994. The summed E-state index contributed by atoms with van der Waals surface area (Å²) in [5, 5.41) is 6.74. The molecule has 0 radical (unpaired) electrons. The van der Waals surface area contributed by atoms with Crippen LogP contribution in [0.5, 0.6) is 0 Å². The van der Waals surface area contributed by atoms with Gasteiger partial charge in [0.2, 0.25) is 5.91 Å². The smallest absolute Gasteiger partial charge is 0.243 e. The summed E-state index contributed by atoms with van der Waals surface area (Å²) < 4.78 is 5.38. The standard InChI is InChI=1S/C19H40N6O2.HI/c1-16(2)25(17(3)4)10-8-21-19(22-15-18(26)23(5)6)20-7-9-24-11-13-27-14-12-24;/h16-17H,7-15H2,1-6H3,(H2,20,21,22);1H. The molecule has 1 heterocycles. The van der Waals surface area contributed by atoms with Crippen LogP contribution in [-0.4, -0.2) is 112 Å². The summed E-state index contributed by atoms with van der Waals surface area (Å²) in [5.74, 6) is 0.696. The van der Waals surface area contributed by atoms with Crippen LogP contribution in [0.3, 0.4) is 0 Å². The van der Waals surface area contributed by atoms with Crippen LogP contribution in [0.4, 0.5) is 0 Å². The van der Waals surface area contributed by atoms with Crippen molar-refractivity contribution in [3.63, 3.8) is 0 Å². The van der Waals surface area contributed by atoms with Gasteiger partial charge >= 0.3 is 0 Å². The number of hydrogen-bond donors (Lipinski definition) is 2. The molecule has 0 aliphatic carbocycles. The van der Waals surface area contributed by atoms with Crippen LogP contribution in [0, 0.1) is 0 Å². The number of aliphatic imine (C=N–C) groups is 1. The molecule has 0 unspecified atom stereocenters. The predicted octanol–water partition coefficient (Wildman–Crippen LogP) is 0.679. The fraction of sp³-hybridized carbons (Fsp3) is 0.895. The van der Waals surface area contributed by atoms with E-state index in [1.165, 1.54) is 0 Å². The van der Waals surface area contributed by atoms with Gasteiger partial charge in [0.15, 0.2) is 5.96 Å². The Kier molecular flexibility index (Phi) is 14.9. The van der Waals surface area contributed by atoms with E-state index in [2.05, 4.69) is 53.1 Å². The largest absolute Gasteiger partial charge is 0.379 e. The lowest BCUT2D eigenvalue weighted by molar-refractivity contribution is -0.127. The SMILES string of the molecule is CC(C)N(CCNC(=NCC(=O)N(C)C)NCCN1CCOCC1)C(C)C.I. The molecule has 0 aromatic heterocycles. The topological polar surface area (TPSA) is 72.4 Å². The fourth-order valence-corrected chi connectivity index (χ4v) is 3.04. The molecule has 1 fully saturated rings. The summed E-state index contributed by atoms with van der Waals surface area (Å²) >= 11 is 0. The van der Waals surface area contributed by atoms with Gasteiger partial charge < -0.3 is 20.3 Å². The van der Waals surface area contributed by atoms with Crippen molar-refractivity contribution in [3.05, 3.63) is 0 Å². The number of nitrogens with zero attached hydrogens (tertiary/aromatic N) is 4. The van der Waals surface area contributed by atoms with E-state index in [-0.39, 0.29) is 36.4 Å². The average Bonchev–Trinajstić information content (AvgIpc) is 2.62. The lowest BCUT2D eigenvalue weighted by Gasteiger charge is -2.30. The van der Waals surface area contributed by atoms with E-state index >= 15 is 0 Å². The molecule has 1 saturated heterocycles. The Morgan fingerprint density at radius 1 is 1.07 bits per heavy atom. The minimum atomic E-state index is -0.00438. The zero-order valence-electron chi connectivity index (χ0n) is 18.5. The first-order valence-electron chi connectivity index (χ1n) is 10.1. The molecule has 0 aromatic rings. The van der Waals surface area contributed by atoms with Gasteiger partial charge in [-0.05, 0) is 27.7 Å². The van der Waals surface area contributed by atoms with Crippen molar-refractivity contribution in [3.8, 4) is 0 Å². The fourth-order valence-electron chi connectivity index (χ4n) is 3.04. The predicted molar refractivity (Wildman–Crippen MR) is 127 cm³/mol. The second kappa shape index (κ2) is 15.2. The van der Waals surface area contributed by atoms with E-state index in [9.17, 15) is 4.79 Å². The number of nitrogens with one attached hydrogen (secondary N) is 2. The minimum absolute atomic E-state index is 0. The number of halogens is 1. The minimum Gasteiger partial charge on any atom is -0.379 e. The van der Waals surface area contributed by atoms with E-state index < -0.39 is 0 Å². The molecule has 28 heavy (non-hydrogen) atoms. The van der Waals surface area contributed by atoms with Gasteiger partial charge in [0.05, 0.1) is 13.2 Å². The number of likely N-dealkylation sites (N-methyl/N-ethyl adjacent to an activating group) is 1. The maximum absolute atomic E-state index is 11.9. The van der Waals surface area contributed by atoms with E-state index in [1.807, 2.05) is 0 Å². The van der Waals surface area contributed by atoms with Crippen molar-refractivity contribution in [2.45, 2.75) is 39.8 Å². The third-order valence-corrected chi connectivity index (χ3v) is 4.68. The summed E-state index contributed by atoms with van der Waals surface area (Å²) in [5.41, 5.74) is 0. The Bertz CT molecular complexity index is 446. The highest BCUT2D eigenvalue weighted by Gasteiger charge is 2.13. The molecule has 0 spiro atoms. The Hall–Kier alpha value is -0.650. The van der Waals surface area contributed by atoms with Crippen molar-refractivity contribution in [1.82, 2.24) is 25.3 Å². The molecule has 1 rings (SSSR count). The molecule has 0 atom stereocenters. The molecule has 0 saturated carbocycles. The number of amides is 1. The van der Waals surface area contributed by atoms with Gasteiger partial charge in [-0.3, -0.25) is 14.6 Å². The highest BCUT2D eigenvalue weighted by atomic mass is 127. The first-order valence-corrected chi connectivity index (χ1v) is 10.1. The molecule has 1 amide bonds. The highest BCUT2D eigenvalue weighted by Crippen LogP contribution is 2.03. The monoisotopic (exact) mass is 512 g/mol. The van der Waals surface area contributed by atoms with Crippen LogP contribution < -0.4 is 10.6 Å². The second-order valence-electron chi connectivity index (χ2n) is 7.69. The summed E-state index contributed by atoms with van der Waals surface area (Å²) in [6.45, 7) is 16.0. The lowest BCUT2D eigenvalue weighted by Crippen LogP contribution is -2.47. The maximum atomic E-state index is 11.9. The third kappa shape index (κ3) is 11.4. The Balaban J connectivity index is 0.00000729. The molecule has 9 heteroatoms. The molecular formula is C19H41IN6O2. The molecule has 0 bridgehead atoms. The second-order valence-corrected chi connectivity index (χ2v) is 7.69. The zero-order chi connectivity index (χ0) is 20.2. The molecule has 1 aliphatic heterocycles. The maximum Gasteiger partial charge on any atom is 0.243 e. The Morgan fingerprint density at radius 2 is 1.64 bits per heavy atom. The van der Waals surface area contributed by atoms with Crippen LogP contribution >= 0.6 is 24.0 Å².